The molecule has 18 heavy (non-hydrogen) atoms. The molecular formula is C11H18N4O3. The van der Waals surface area contributed by atoms with Gasteiger partial charge in [0.1, 0.15) is 5.69 Å². The number of ether oxygens (including phenoxy) is 1. The average molecular weight is 254 g/mol. The summed E-state index contributed by atoms with van der Waals surface area (Å²) in [5.74, 6) is -0.0312. The molecule has 0 aromatic carbocycles. The Morgan fingerprint density at radius 2 is 2.44 bits per heavy atom. The summed E-state index contributed by atoms with van der Waals surface area (Å²) >= 11 is 0. The highest BCUT2D eigenvalue weighted by Crippen LogP contribution is 2.01. The number of nitrogens with one attached hydrogen (secondary N) is 1. The van der Waals surface area contributed by atoms with Gasteiger partial charge in [-0.25, -0.2) is 0 Å². The molecule has 0 aliphatic rings. The molecule has 0 bridgehead atoms. The Balaban J connectivity index is 2.48. The van der Waals surface area contributed by atoms with E-state index in [1.165, 1.54) is 7.11 Å². The molecule has 0 amide bonds. The highest BCUT2D eigenvalue weighted by Gasteiger charge is 2.04. The summed E-state index contributed by atoms with van der Waals surface area (Å²) in [5, 5.41) is 23.9. The van der Waals surface area contributed by atoms with Crippen molar-refractivity contribution in [3.05, 3.63) is 29.6 Å². The first kappa shape index (κ1) is 14.4. The molecule has 1 unspecified atom stereocenters. The van der Waals surface area contributed by atoms with Crippen LogP contribution in [0.3, 0.4) is 0 Å². The van der Waals surface area contributed by atoms with Gasteiger partial charge >= 0.3 is 0 Å². The Morgan fingerprint density at radius 3 is 3.11 bits per heavy atom. The van der Waals surface area contributed by atoms with Gasteiger partial charge in [-0.3, -0.25) is 4.98 Å². The number of rotatable bonds is 7. The molecule has 7 heteroatoms. The Hall–Kier alpha value is -1.70. The quantitative estimate of drug-likeness (QED) is 0.221. The number of aliphatic hydroxyl groups is 1. The third kappa shape index (κ3) is 4.66. The standard InChI is InChI=1S/C11H18N4O3/c1-18-7-9(16)6-13-5-8-2-3-14-10(4-8)11(12)15-17/h2-4,9,13,16-17H,5-7H2,1H3,(H2,12,15). The minimum atomic E-state index is -0.541. The van der Waals surface area contributed by atoms with Crippen molar-refractivity contribution in [2.75, 3.05) is 20.3 Å². The van der Waals surface area contributed by atoms with Crippen molar-refractivity contribution < 1.29 is 15.1 Å². The number of nitrogens with two attached hydrogens (primary N) is 1. The van der Waals surface area contributed by atoms with E-state index in [2.05, 4.69) is 15.5 Å². The first-order valence-corrected chi connectivity index (χ1v) is 5.48. The Labute approximate surface area is 105 Å². The Morgan fingerprint density at radius 1 is 1.67 bits per heavy atom. The maximum Gasteiger partial charge on any atom is 0.188 e. The van der Waals surface area contributed by atoms with Crippen LogP contribution in [0, 0.1) is 0 Å². The van der Waals surface area contributed by atoms with Crippen LogP contribution in [-0.4, -0.2) is 47.5 Å². The van der Waals surface area contributed by atoms with Crippen LogP contribution in [0.4, 0.5) is 0 Å². The third-order valence-corrected chi connectivity index (χ3v) is 2.26. The zero-order chi connectivity index (χ0) is 13.4. The van der Waals surface area contributed by atoms with Gasteiger partial charge in [0.15, 0.2) is 5.84 Å². The molecule has 0 saturated heterocycles. The molecule has 7 nitrogen and oxygen atoms in total. The average Bonchev–Trinajstić information content (AvgIpc) is 2.38. The van der Waals surface area contributed by atoms with E-state index in [9.17, 15) is 5.11 Å². The van der Waals surface area contributed by atoms with Crippen LogP contribution < -0.4 is 11.1 Å². The SMILES string of the molecule is COCC(O)CNCc1ccnc(C(N)=NO)c1. The monoisotopic (exact) mass is 254 g/mol. The predicted molar refractivity (Wildman–Crippen MR) is 66.3 cm³/mol. The first-order valence-electron chi connectivity index (χ1n) is 5.48. The molecule has 100 valence electrons. The second-order valence-corrected chi connectivity index (χ2v) is 3.77. The summed E-state index contributed by atoms with van der Waals surface area (Å²) in [7, 11) is 1.54. The van der Waals surface area contributed by atoms with E-state index in [1.807, 2.05) is 6.07 Å². The number of hydrogen-bond acceptors (Lipinski definition) is 6. The molecule has 1 rings (SSSR count). The van der Waals surface area contributed by atoms with Gasteiger partial charge in [-0.15, -0.1) is 0 Å². The number of nitrogens with zero attached hydrogens (tertiary/aromatic N) is 2. The van der Waals surface area contributed by atoms with Crippen LogP contribution in [0.2, 0.25) is 0 Å². The fraction of sp³-hybridized carbons (Fsp3) is 0.455. The molecule has 0 aliphatic carbocycles. The van der Waals surface area contributed by atoms with E-state index in [0.29, 0.717) is 25.4 Å². The zero-order valence-electron chi connectivity index (χ0n) is 10.2. The topological polar surface area (TPSA) is 113 Å². The van der Waals surface area contributed by atoms with Crippen LogP contribution in [0.1, 0.15) is 11.3 Å². The van der Waals surface area contributed by atoms with Crippen molar-refractivity contribution in [3.63, 3.8) is 0 Å². The molecule has 0 fully saturated rings. The van der Waals surface area contributed by atoms with Gasteiger partial charge in [0.2, 0.25) is 0 Å². The number of aromatic nitrogens is 1. The van der Waals surface area contributed by atoms with E-state index < -0.39 is 6.10 Å². The van der Waals surface area contributed by atoms with Gasteiger partial charge in [-0.05, 0) is 17.7 Å². The molecule has 0 saturated carbocycles. The smallest absolute Gasteiger partial charge is 0.188 e. The maximum absolute atomic E-state index is 9.44. The number of amidine groups is 1. The normalized spacial score (nSPS) is 13.6. The fourth-order valence-corrected chi connectivity index (χ4v) is 1.41. The summed E-state index contributed by atoms with van der Waals surface area (Å²) < 4.78 is 4.81. The number of oxime groups is 1. The number of hydrogen-bond donors (Lipinski definition) is 4. The summed E-state index contributed by atoms with van der Waals surface area (Å²) in [4.78, 5) is 3.97. The van der Waals surface area contributed by atoms with Crippen molar-refractivity contribution in [1.29, 1.82) is 0 Å². The second-order valence-electron chi connectivity index (χ2n) is 3.77. The highest BCUT2D eigenvalue weighted by molar-refractivity contribution is 5.95. The summed E-state index contributed by atoms with van der Waals surface area (Å²) in [6.45, 7) is 1.27. The molecule has 1 heterocycles. The molecular weight excluding hydrogens is 236 g/mol. The zero-order valence-corrected chi connectivity index (χ0v) is 10.2. The molecule has 1 atom stereocenters. The van der Waals surface area contributed by atoms with Crippen LogP contribution in [0.15, 0.2) is 23.5 Å². The van der Waals surface area contributed by atoms with Crippen LogP contribution in [-0.2, 0) is 11.3 Å². The lowest BCUT2D eigenvalue weighted by Gasteiger charge is -2.10. The minimum Gasteiger partial charge on any atom is -0.409 e. The van der Waals surface area contributed by atoms with E-state index in [-0.39, 0.29) is 5.84 Å². The van der Waals surface area contributed by atoms with Crippen molar-refractivity contribution in [2.24, 2.45) is 10.9 Å². The van der Waals surface area contributed by atoms with Crippen molar-refractivity contribution in [3.8, 4) is 0 Å². The molecule has 0 aliphatic heterocycles. The summed E-state index contributed by atoms with van der Waals surface area (Å²) in [6.07, 6.45) is 1.04. The Bertz CT molecular complexity index is 398. The molecule has 0 radical (unpaired) electrons. The maximum atomic E-state index is 9.44. The largest absolute Gasteiger partial charge is 0.409 e. The van der Waals surface area contributed by atoms with Crippen LogP contribution in [0.5, 0.6) is 0 Å². The molecule has 1 aromatic rings. The van der Waals surface area contributed by atoms with E-state index in [4.69, 9.17) is 15.7 Å². The number of aliphatic hydroxyl groups excluding tert-OH is 1. The number of pyridine rings is 1. The van der Waals surface area contributed by atoms with Gasteiger partial charge in [0.25, 0.3) is 0 Å². The molecule has 5 N–H and O–H groups in total. The Kier molecular flexibility index (Phi) is 6.06. The van der Waals surface area contributed by atoms with Crippen LogP contribution in [0.25, 0.3) is 0 Å². The predicted octanol–water partition coefficient (Wildman–Crippen LogP) is -0.727. The van der Waals surface area contributed by atoms with Gasteiger partial charge in [0.05, 0.1) is 12.7 Å². The summed E-state index contributed by atoms with van der Waals surface area (Å²) in [5.41, 5.74) is 6.78. The van der Waals surface area contributed by atoms with Crippen molar-refractivity contribution >= 4 is 5.84 Å². The van der Waals surface area contributed by atoms with Crippen molar-refractivity contribution in [2.45, 2.75) is 12.6 Å². The van der Waals surface area contributed by atoms with Crippen LogP contribution >= 0.6 is 0 Å². The van der Waals surface area contributed by atoms with E-state index >= 15 is 0 Å². The van der Waals surface area contributed by atoms with Gasteiger partial charge in [-0.2, -0.15) is 0 Å². The van der Waals surface area contributed by atoms with Gasteiger partial charge < -0.3 is 26.1 Å². The van der Waals surface area contributed by atoms with Gasteiger partial charge in [0, 0.05) is 26.4 Å². The van der Waals surface area contributed by atoms with E-state index in [0.717, 1.165) is 5.56 Å². The lowest BCUT2D eigenvalue weighted by Crippen LogP contribution is -2.29. The minimum absolute atomic E-state index is 0.0312. The number of methoxy groups -OCH3 is 1. The fourth-order valence-electron chi connectivity index (χ4n) is 1.41. The molecule has 0 spiro atoms. The van der Waals surface area contributed by atoms with E-state index in [1.54, 1.807) is 12.3 Å². The lowest BCUT2D eigenvalue weighted by molar-refractivity contribution is 0.0644. The van der Waals surface area contributed by atoms with Gasteiger partial charge in [-0.1, -0.05) is 5.16 Å². The summed E-state index contributed by atoms with van der Waals surface area (Å²) in [6, 6.07) is 3.52. The van der Waals surface area contributed by atoms with Crippen molar-refractivity contribution in [1.82, 2.24) is 10.3 Å². The first-order chi connectivity index (χ1) is 8.67. The lowest BCUT2D eigenvalue weighted by atomic mass is 10.2. The second kappa shape index (κ2) is 7.59. The third-order valence-electron chi connectivity index (χ3n) is 2.26. The molecule has 1 aromatic heterocycles. The highest BCUT2D eigenvalue weighted by atomic mass is 16.5.